The first-order valence-corrected chi connectivity index (χ1v) is 9.25. The molecule has 8 heteroatoms. The minimum atomic E-state index is -0.427. The topological polar surface area (TPSA) is 101 Å². The van der Waals surface area contributed by atoms with Crippen molar-refractivity contribution < 1.29 is 9.66 Å². The lowest BCUT2D eigenvalue weighted by atomic mass is 10.1. The Kier molecular flexibility index (Phi) is 5.85. The second-order valence-electron chi connectivity index (χ2n) is 6.64. The van der Waals surface area contributed by atoms with Crippen molar-refractivity contribution in [3.05, 3.63) is 61.3 Å². The number of fused-ring (bicyclic) bond motifs is 1. The van der Waals surface area contributed by atoms with E-state index >= 15 is 0 Å². The molecule has 144 valence electrons. The van der Waals surface area contributed by atoms with Crippen molar-refractivity contribution in [3.63, 3.8) is 0 Å². The summed E-state index contributed by atoms with van der Waals surface area (Å²) in [5.41, 5.74) is 2.28. The van der Waals surface area contributed by atoms with Crippen LogP contribution in [-0.2, 0) is 25.9 Å². The minimum Gasteiger partial charge on any atom is -0.487 e. The summed E-state index contributed by atoms with van der Waals surface area (Å²) in [6.07, 6.45) is 2.40. The van der Waals surface area contributed by atoms with Crippen LogP contribution in [0.2, 0.25) is 0 Å². The summed E-state index contributed by atoms with van der Waals surface area (Å²) in [5.74, 6) is 1.02. The van der Waals surface area contributed by atoms with Gasteiger partial charge in [-0.05, 0) is 25.0 Å². The quantitative estimate of drug-likeness (QED) is 0.592. The van der Waals surface area contributed by atoms with Gasteiger partial charge in [0.1, 0.15) is 5.82 Å². The van der Waals surface area contributed by atoms with Gasteiger partial charge in [-0.3, -0.25) is 19.8 Å². The third-order valence-corrected chi connectivity index (χ3v) is 4.61. The second kappa shape index (κ2) is 8.30. The number of benzene rings is 1. The molecule has 8 nitrogen and oxygen atoms in total. The summed E-state index contributed by atoms with van der Waals surface area (Å²) in [6, 6.07) is 5.02. The number of H-pyrrole nitrogens is 1. The Labute approximate surface area is 157 Å². The number of nitro benzene ring substituents is 1. The van der Waals surface area contributed by atoms with Gasteiger partial charge in [0.15, 0.2) is 5.75 Å². The van der Waals surface area contributed by atoms with E-state index in [0.29, 0.717) is 31.7 Å². The second-order valence-corrected chi connectivity index (χ2v) is 6.64. The van der Waals surface area contributed by atoms with E-state index in [4.69, 9.17) is 4.74 Å². The van der Waals surface area contributed by atoms with Crippen LogP contribution in [0.4, 0.5) is 5.69 Å². The van der Waals surface area contributed by atoms with Gasteiger partial charge in [0, 0.05) is 38.5 Å². The van der Waals surface area contributed by atoms with Gasteiger partial charge in [0.05, 0.1) is 22.8 Å². The zero-order valence-electron chi connectivity index (χ0n) is 15.7. The molecule has 0 saturated heterocycles. The highest BCUT2D eigenvalue weighted by Gasteiger charge is 2.22. The summed E-state index contributed by atoms with van der Waals surface area (Å²) in [7, 11) is 0. The van der Waals surface area contributed by atoms with Gasteiger partial charge in [-0.2, -0.15) is 0 Å². The van der Waals surface area contributed by atoms with Crippen LogP contribution in [0.15, 0.2) is 23.0 Å². The van der Waals surface area contributed by atoms with Crippen molar-refractivity contribution in [2.45, 2.75) is 46.2 Å². The highest BCUT2D eigenvalue weighted by atomic mass is 16.6. The molecule has 27 heavy (non-hydrogen) atoms. The van der Waals surface area contributed by atoms with Crippen LogP contribution in [0.5, 0.6) is 5.75 Å². The van der Waals surface area contributed by atoms with Crippen LogP contribution in [0.25, 0.3) is 0 Å². The number of nitrogens with zero attached hydrogens (tertiary/aromatic N) is 3. The number of aromatic amines is 1. The lowest BCUT2D eigenvalue weighted by molar-refractivity contribution is -0.385. The average Bonchev–Trinajstić information content (AvgIpc) is 2.64. The van der Waals surface area contributed by atoms with Crippen molar-refractivity contribution >= 4 is 5.69 Å². The first-order valence-electron chi connectivity index (χ1n) is 9.25. The molecule has 0 saturated carbocycles. The average molecular weight is 372 g/mol. The third-order valence-electron chi connectivity index (χ3n) is 4.61. The molecule has 2 heterocycles. The standard InChI is InChI=1S/C19H24N4O4/c1-3-5-18-20-15-8-9-22(12-14(15)19(24)21-18)11-13-6-7-17(27-4-2)16(10-13)23(25)26/h6-7,10H,3-5,8-9,11-12H2,1-2H3,(H,20,21,24). The SMILES string of the molecule is CCCc1nc2c(c(=O)[nH]1)CN(Cc1ccc(OCC)c([N+](=O)[O-])c1)CC2. The Morgan fingerprint density at radius 2 is 2.19 bits per heavy atom. The van der Waals surface area contributed by atoms with Gasteiger partial charge in [0.25, 0.3) is 5.56 Å². The van der Waals surface area contributed by atoms with Crippen LogP contribution in [0.1, 0.15) is 42.9 Å². The molecule has 1 aromatic heterocycles. The maximum atomic E-state index is 12.4. The van der Waals surface area contributed by atoms with Crippen LogP contribution >= 0.6 is 0 Å². The van der Waals surface area contributed by atoms with Gasteiger partial charge >= 0.3 is 5.69 Å². The monoisotopic (exact) mass is 372 g/mol. The molecule has 3 rings (SSSR count). The van der Waals surface area contributed by atoms with E-state index in [2.05, 4.69) is 21.8 Å². The van der Waals surface area contributed by atoms with Crippen molar-refractivity contribution in [2.24, 2.45) is 0 Å². The number of nitrogens with one attached hydrogen (secondary N) is 1. The van der Waals surface area contributed by atoms with E-state index in [9.17, 15) is 14.9 Å². The Morgan fingerprint density at radius 1 is 1.37 bits per heavy atom. The van der Waals surface area contributed by atoms with E-state index in [-0.39, 0.29) is 17.0 Å². The largest absolute Gasteiger partial charge is 0.487 e. The predicted molar refractivity (Wildman–Crippen MR) is 101 cm³/mol. The number of hydrogen-bond acceptors (Lipinski definition) is 6. The van der Waals surface area contributed by atoms with Gasteiger partial charge in [-0.15, -0.1) is 0 Å². The summed E-state index contributed by atoms with van der Waals surface area (Å²) in [6.45, 7) is 6.00. The summed E-state index contributed by atoms with van der Waals surface area (Å²) in [4.78, 5) is 32.8. The van der Waals surface area contributed by atoms with Crippen molar-refractivity contribution in [2.75, 3.05) is 13.2 Å². The molecule has 1 N–H and O–H groups in total. The number of rotatable bonds is 7. The van der Waals surface area contributed by atoms with Gasteiger partial charge in [0.2, 0.25) is 0 Å². The highest BCUT2D eigenvalue weighted by molar-refractivity contribution is 5.48. The molecule has 0 aliphatic carbocycles. The van der Waals surface area contributed by atoms with Crippen LogP contribution < -0.4 is 10.3 Å². The Balaban J connectivity index is 1.78. The lowest BCUT2D eigenvalue weighted by Crippen LogP contribution is -2.35. The smallest absolute Gasteiger partial charge is 0.311 e. The fourth-order valence-corrected chi connectivity index (χ4v) is 3.36. The van der Waals surface area contributed by atoms with Crippen LogP contribution in [0.3, 0.4) is 0 Å². The molecule has 2 aromatic rings. The molecule has 0 radical (unpaired) electrons. The molecule has 1 aromatic carbocycles. The molecule has 1 aliphatic heterocycles. The summed E-state index contributed by atoms with van der Waals surface area (Å²) < 4.78 is 5.33. The first kappa shape index (κ1) is 19.0. The van der Waals surface area contributed by atoms with Gasteiger partial charge < -0.3 is 9.72 Å². The maximum Gasteiger partial charge on any atom is 0.311 e. The number of ether oxygens (including phenoxy) is 1. The summed E-state index contributed by atoms with van der Waals surface area (Å²) in [5, 5.41) is 11.3. The van der Waals surface area contributed by atoms with Crippen LogP contribution in [0, 0.1) is 10.1 Å². The molecular formula is C19H24N4O4. The van der Waals surface area contributed by atoms with E-state index < -0.39 is 4.92 Å². The molecular weight excluding hydrogens is 348 g/mol. The maximum absolute atomic E-state index is 12.4. The Morgan fingerprint density at radius 3 is 2.89 bits per heavy atom. The third kappa shape index (κ3) is 4.33. The van der Waals surface area contributed by atoms with Gasteiger partial charge in [-0.25, -0.2) is 4.98 Å². The summed E-state index contributed by atoms with van der Waals surface area (Å²) >= 11 is 0. The lowest BCUT2D eigenvalue weighted by Gasteiger charge is -2.27. The van der Waals surface area contributed by atoms with Crippen molar-refractivity contribution in [1.29, 1.82) is 0 Å². The van der Waals surface area contributed by atoms with Crippen LogP contribution in [-0.4, -0.2) is 32.9 Å². The molecule has 0 unspecified atom stereocenters. The van der Waals surface area contributed by atoms with Crippen molar-refractivity contribution in [1.82, 2.24) is 14.9 Å². The molecule has 0 spiro atoms. The van der Waals surface area contributed by atoms with Gasteiger partial charge in [-0.1, -0.05) is 13.0 Å². The number of nitro groups is 1. The Bertz CT molecular complexity index is 894. The van der Waals surface area contributed by atoms with E-state index in [1.165, 1.54) is 0 Å². The number of aromatic nitrogens is 2. The highest BCUT2D eigenvalue weighted by Crippen LogP contribution is 2.29. The molecule has 0 atom stereocenters. The fourth-order valence-electron chi connectivity index (χ4n) is 3.36. The minimum absolute atomic E-state index is 0.0320. The van der Waals surface area contributed by atoms with Crippen molar-refractivity contribution in [3.8, 4) is 5.75 Å². The predicted octanol–water partition coefficient (Wildman–Crippen LogP) is 2.59. The molecule has 1 aliphatic rings. The number of hydrogen-bond donors (Lipinski definition) is 1. The van der Waals surface area contributed by atoms with E-state index in [1.807, 2.05) is 6.07 Å². The number of aryl methyl sites for hydroxylation is 1. The normalized spacial score (nSPS) is 14.0. The fraction of sp³-hybridized carbons (Fsp3) is 0.474. The zero-order valence-corrected chi connectivity index (χ0v) is 15.7. The Hall–Kier alpha value is -2.74. The molecule has 0 bridgehead atoms. The molecule has 0 amide bonds. The van der Waals surface area contributed by atoms with E-state index in [0.717, 1.165) is 36.5 Å². The first-order chi connectivity index (χ1) is 13.0. The zero-order chi connectivity index (χ0) is 19.4. The molecule has 0 fully saturated rings. The van der Waals surface area contributed by atoms with E-state index in [1.54, 1.807) is 19.1 Å².